The number of anilines is 1. The fraction of sp³-hybridized carbons (Fsp3) is 0.417. The molecule has 0 aliphatic heterocycles. The highest BCUT2D eigenvalue weighted by atomic mass is 16.3. The average Bonchev–Trinajstić information content (AvgIpc) is 2.37. The van der Waals surface area contributed by atoms with E-state index in [1.165, 1.54) is 4.90 Å². The van der Waals surface area contributed by atoms with Crippen LogP contribution < -0.4 is 5.32 Å². The van der Waals surface area contributed by atoms with Gasteiger partial charge in [0.05, 0.1) is 19.8 Å². The summed E-state index contributed by atoms with van der Waals surface area (Å²) in [5, 5.41) is 20.6. The number of para-hydroxylation sites is 1. The van der Waals surface area contributed by atoms with Crippen LogP contribution in [0.4, 0.5) is 5.69 Å². The van der Waals surface area contributed by atoms with Crippen molar-refractivity contribution >= 4 is 11.6 Å². The Labute approximate surface area is 101 Å². The molecule has 0 atom stereocenters. The number of hydrogen-bond acceptors (Lipinski definition) is 4. The largest absolute Gasteiger partial charge is 0.395 e. The van der Waals surface area contributed by atoms with Gasteiger partial charge >= 0.3 is 0 Å². The number of amides is 1. The Bertz CT molecular complexity index is 324. The van der Waals surface area contributed by atoms with Gasteiger partial charge in [0, 0.05) is 18.8 Å². The highest BCUT2D eigenvalue weighted by molar-refractivity contribution is 5.80. The lowest BCUT2D eigenvalue weighted by atomic mass is 10.3. The second-order valence-electron chi connectivity index (χ2n) is 3.55. The summed E-state index contributed by atoms with van der Waals surface area (Å²) in [4.78, 5) is 13.2. The van der Waals surface area contributed by atoms with Gasteiger partial charge in [0.1, 0.15) is 0 Å². The van der Waals surface area contributed by atoms with Gasteiger partial charge in [-0.15, -0.1) is 0 Å². The molecule has 0 saturated carbocycles. The molecule has 0 saturated heterocycles. The van der Waals surface area contributed by atoms with E-state index in [4.69, 9.17) is 10.2 Å². The van der Waals surface area contributed by atoms with Crippen LogP contribution in [0.2, 0.25) is 0 Å². The maximum atomic E-state index is 11.7. The Balaban J connectivity index is 2.41. The van der Waals surface area contributed by atoms with Crippen molar-refractivity contribution < 1.29 is 15.0 Å². The molecule has 94 valence electrons. The molecule has 17 heavy (non-hydrogen) atoms. The Hall–Kier alpha value is -1.59. The molecule has 0 aliphatic rings. The van der Waals surface area contributed by atoms with E-state index in [0.29, 0.717) is 0 Å². The Kier molecular flexibility index (Phi) is 6.06. The Morgan fingerprint density at radius 1 is 1.12 bits per heavy atom. The molecule has 0 radical (unpaired) electrons. The molecule has 0 aromatic heterocycles. The maximum absolute atomic E-state index is 11.7. The number of hydrogen-bond donors (Lipinski definition) is 3. The van der Waals surface area contributed by atoms with Crippen molar-refractivity contribution in [2.24, 2.45) is 0 Å². The third-order valence-electron chi connectivity index (χ3n) is 2.31. The van der Waals surface area contributed by atoms with Gasteiger partial charge in [-0.05, 0) is 12.1 Å². The first-order valence-electron chi connectivity index (χ1n) is 5.56. The number of aliphatic hydroxyl groups is 2. The minimum Gasteiger partial charge on any atom is -0.395 e. The first kappa shape index (κ1) is 13.5. The first-order chi connectivity index (χ1) is 8.27. The third kappa shape index (κ3) is 4.84. The quantitative estimate of drug-likeness (QED) is 0.621. The van der Waals surface area contributed by atoms with Crippen molar-refractivity contribution in [3.8, 4) is 0 Å². The van der Waals surface area contributed by atoms with Gasteiger partial charge in [0.15, 0.2) is 0 Å². The smallest absolute Gasteiger partial charge is 0.242 e. The van der Waals surface area contributed by atoms with Crippen LogP contribution >= 0.6 is 0 Å². The summed E-state index contributed by atoms with van der Waals surface area (Å²) in [6, 6.07) is 9.40. The zero-order valence-electron chi connectivity index (χ0n) is 9.67. The number of carbonyl (C=O) groups is 1. The van der Waals surface area contributed by atoms with Crippen molar-refractivity contribution in [1.29, 1.82) is 0 Å². The van der Waals surface area contributed by atoms with Gasteiger partial charge in [-0.25, -0.2) is 0 Å². The fourth-order valence-electron chi connectivity index (χ4n) is 1.45. The molecule has 1 aromatic rings. The molecule has 0 unspecified atom stereocenters. The van der Waals surface area contributed by atoms with Gasteiger partial charge in [-0.3, -0.25) is 4.79 Å². The SMILES string of the molecule is O=C(CNc1ccccc1)N(CCO)CCO. The van der Waals surface area contributed by atoms with Crippen LogP contribution in [0.3, 0.4) is 0 Å². The van der Waals surface area contributed by atoms with E-state index in [2.05, 4.69) is 5.32 Å². The van der Waals surface area contributed by atoms with E-state index in [-0.39, 0.29) is 38.8 Å². The summed E-state index contributed by atoms with van der Waals surface area (Å²) < 4.78 is 0. The molecular formula is C12H18N2O3. The van der Waals surface area contributed by atoms with Crippen LogP contribution in [-0.2, 0) is 4.79 Å². The van der Waals surface area contributed by atoms with Crippen molar-refractivity contribution in [2.75, 3.05) is 38.2 Å². The summed E-state index contributed by atoms with van der Waals surface area (Å²) in [5.41, 5.74) is 0.869. The molecular weight excluding hydrogens is 220 g/mol. The van der Waals surface area contributed by atoms with Gasteiger partial charge in [-0.2, -0.15) is 0 Å². The topological polar surface area (TPSA) is 72.8 Å². The van der Waals surface area contributed by atoms with E-state index in [9.17, 15) is 4.79 Å². The van der Waals surface area contributed by atoms with Gasteiger partial charge in [0.2, 0.25) is 5.91 Å². The summed E-state index contributed by atoms with van der Waals surface area (Å²) >= 11 is 0. The van der Waals surface area contributed by atoms with Gasteiger partial charge < -0.3 is 20.4 Å². The second kappa shape index (κ2) is 7.65. The molecule has 0 aliphatic carbocycles. The summed E-state index contributed by atoms with van der Waals surface area (Å²) in [7, 11) is 0. The summed E-state index contributed by atoms with van der Waals surface area (Å²) in [6.45, 7) is 0.448. The first-order valence-corrected chi connectivity index (χ1v) is 5.56. The third-order valence-corrected chi connectivity index (χ3v) is 2.31. The molecule has 0 bridgehead atoms. The minimum atomic E-state index is -0.142. The lowest BCUT2D eigenvalue weighted by molar-refractivity contribution is -0.130. The summed E-state index contributed by atoms with van der Waals surface area (Å²) in [5.74, 6) is -0.142. The van der Waals surface area contributed by atoms with Gasteiger partial charge in [-0.1, -0.05) is 18.2 Å². The van der Waals surface area contributed by atoms with Crippen LogP contribution in [0.5, 0.6) is 0 Å². The van der Waals surface area contributed by atoms with Crippen molar-refractivity contribution in [3.63, 3.8) is 0 Å². The van der Waals surface area contributed by atoms with Crippen LogP contribution in [0.15, 0.2) is 30.3 Å². The highest BCUT2D eigenvalue weighted by Gasteiger charge is 2.11. The summed E-state index contributed by atoms with van der Waals surface area (Å²) in [6.07, 6.45) is 0. The van der Waals surface area contributed by atoms with E-state index in [1.807, 2.05) is 30.3 Å². The van der Waals surface area contributed by atoms with Crippen LogP contribution in [0.25, 0.3) is 0 Å². The van der Waals surface area contributed by atoms with Crippen LogP contribution in [0.1, 0.15) is 0 Å². The van der Waals surface area contributed by atoms with E-state index in [0.717, 1.165) is 5.69 Å². The molecule has 5 heteroatoms. The number of nitrogens with one attached hydrogen (secondary N) is 1. The number of nitrogens with zero attached hydrogens (tertiary/aromatic N) is 1. The lowest BCUT2D eigenvalue weighted by Gasteiger charge is -2.21. The maximum Gasteiger partial charge on any atom is 0.242 e. The number of rotatable bonds is 7. The van der Waals surface area contributed by atoms with Gasteiger partial charge in [0.25, 0.3) is 0 Å². The van der Waals surface area contributed by atoms with E-state index in [1.54, 1.807) is 0 Å². The Morgan fingerprint density at radius 2 is 1.71 bits per heavy atom. The predicted octanol–water partition coefficient (Wildman–Crippen LogP) is -0.0883. The molecule has 1 aromatic carbocycles. The minimum absolute atomic E-state index is 0.100. The normalized spacial score (nSPS) is 10.0. The number of carbonyl (C=O) groups excluding carboxylic acids is 1. The van der Waals surface area contributed by atoms with Crippen LogP contribution in [0, 0.1) is 0 Å². The molecule has 0 spiro atoms. The van der Waals surface area contributed by atoms with Crippen LogP contribution in [-0.4, -0.2) is 53.9 Å². The van der Waals surface area contributed by atoms with E-state index >= 15 is 0 Å². The molecule has 3 N–H and O–H groups in total. The highest BCUT2D eigenvalue weighted by Crippen LogP contribution is 2.04. The lowest BCUT2D eigenvalue weighted by Crippen LogP contribution is -2.39. The van der Waals surface area contributed by atoms with E-state index < -0.39 is 0 Å². The second-order valence-corrected chi connectivity index (χ2v) is 3.55. The molecule has 0 fully saturated rings. The zero-order valence-corrected chi connectivity index (χ0v) is 9.67. The Morgan fingerprint density at radius 3 is 2.24 bits per heavy atom. The fourth-order valence-corrected chi connectivity index (χ4v) is 1.45. The number of benzene rings is 1. The standard InChI is InChI=1S/C12H18N2O3/c15-8-6-14(7-9-16)12(17)10-13-11-4-2-1-3-5-11/h1-5,13,15-16H,6-10H2. The molecule has 1 amide bonds. The molecule has 1 rings (SSSR count). The van der Waals surface area contributed by atoms with Crippen molar-refractivity contribution in [3.05, 3.63) is 30.3 Å². The number of aliphatic hydroxyl groups excluding tert-OH is 2. The predicted molar refractivity (Wildman–Crippen MR) is 65.7 cm³/mol. The molecule has 0 heterocycles. The zero-order chi connectivity index (χ0) is 12.5. The van der Waals surface area contributed by atoms with Crippen molar-refractivity contribution in [1.82, 2.24) is 4.90 Å². The average molecular weight is 238 g/mol. The molecule has 5 nitrogen and oxygen atoms in total. The monoisotopic (exact) mass is 238 g/mol. The van der Waals surface area contributed by atoms with Crippen molar-refractivity contribution in [2.45, 2.75) is 0 Å².